The molecule has 0 radical (unpaired) electrons. The number of methoxy groups -OCH3 is 2. The van der Waals surface area contributed by atoms with Crippen LogP contribution in [0.5, 0.6) is 11.5 Å². The summed E-state index contributed by atoms with van der Waals surface area (Å²) in [5.74, 6) is 1.61. The monoisotopic (exact) mass is 272 g/mol. The van der Waals surface area contributed by atoms with E-state index in [9.17, 15) is 0 Å². The third-order valence-electron chi connectivity index (χ3n) is 3.13. The molecular weight excluding hydrogens is 252 g/mol. The van der Waals surface area contributed by atoms with Crippen LogP contribution < -0.4 is 14.8 Å². The molecule has 1 atom stereocenters. The number of nitrogens with one attached hydrogen (secondary N) is 1. The minimum absolute atomic E-state index is 0.0220. The SMILES string of the molecule is CCNC(c1cccc(OC)c1)c1ncccc1OC. The summed E-state index contributed by atoms with van der Waals surface area (Å²) in [6, 6.07) is 11.8. The third-order valence-corrected chi connectivity index (χ3v) is 3.13. The van der Waals surface area contributed by atoms with Crippen molar-refractivity contribution in [3.8, 4) is 11.5 Å². The molecular formula is C16H20N2O2. The Labute approximate surface area is 119 Å². The van der Waals surface area contributed by atoms with E-state index >= 15 is 0 Å². The zero-order chi connectivity index (χ0) is 14.4. The molecule has 2 aromatic rings. The lowest BCUT2D eigenvalue weighted by atomic mass is 10.0. The van der Waals surface area contributed by atoms with E-state index in [0.29, 0.717) is 0 Å². The van der Waals surface area contributed by atoms with E-state index in [2.05, 4.69) is 23.3 Å². The first-order valence-corrected chi connectivity index (χ1v) is 6.66. The molecule has 4 heteroatoms. The number of nitrogens with zero attached hydrogens (tertiary/aromatic N) is 1. The quantitative estimate of drug-likeness (QED) is 0.878. The molecule has 1 unspecified atom stereocenters. The molecule has 0 amide bonds. The van der Waals surface area contributed by atoms with Crippen molar-refractivity contribution in [3.63, 3.8) is 0 Å². The molecule has 20 heavy (non-hydrogen) atoms. The molecule has 4 nitrogen and oxygen atoms in total. The van der Waals surface area contributed by atoms with Crippen molar-refractivity contribution in [2.45, 2.75) is 13.0 Å². The summed E-state index contributed by atoms with van der Waals surface area (Å²) in [7, 11) is 3.33. The van der Waals surface area contributed by atoms with E-state index in [1.54, 1.807) is 20.4 Å². The van der Waals surface area contributed by atoms with E-state index in [-0.39, 0.29) is 6.04 Å². The van der Waals surface area contributed by atoms with Gasteiger partial charge in [-0.05, 0) is 36.4 Å². The molecule has 0 spiro atoms. The molecule has 0 fully saturated rings. The van der Waals surface area contributed by atoms with Crippen molar-refractivity contribution in [2.24, 2.45) is 0 Å². The lowest BCUT2D eigenvalue weighted by Gasteiger charge is -2.20. The van der Waals surface area contributed by atoms with Gasteiger partial charge in [-0.2, -0.15) is 0 Å². The van der Waals surface area contributed by atoms with Crippen molar-refractivity contribution in [3.05, 3.63) is 53.9 Å². The molecule has 0 saturated heterocycles. The summed E-state index contributed by atoms with van der Waals surface area (Å²) >= 11 is 0. The Morgan fingerprint density at radius 1 is 1.15 bits per heavy atom. The average molecular weight is 272 g/mol. The Hall–Kier alpha value is -2.07. The number of pyridine rings is 1. The van der Waals surface area contributed by atoms with Gasteiger partial charge in [-0.25, -0.2) is 0 Å². The van der Waals surface area contributed by atoms with Gasteiger partial charge in [0, 0.05) is 6.20 Å². The second-order valence-electron chi connectivity index (χ2n) is 4.36. The van der Waals surface area contributed by atoms with Gasteiger partial charge in [0.1, 0.15) is 17.2 Å². The number of rotatable bonds is 6. The third kappa shape index (κ3) is 3.08. The predicted octanol–water partition coefficient (Wildman–Crippen LogP) is 2.80. The second-order valence-corrected chi connectivity index (χ2v) is 4.36. The van der Waals surface area contributed by atoms with E-state index in [1.165, 1.54) is 0 Å². The van der Waals surface area contributed by atoms with Gasteiger partial charge in [0.05, 0.1) is 20.3 Å². The summed E-state index contributed by atoms with van der Waals surface area (Å²) in [5, 5.41) is 3.44. The Morgan fingerprint density at radius 3 is 2.70 bits per heavy atom. The highest BCUT2D eigenvalue weighted by Crippen LogP contribution is 2.29. The highest BCUT2D eigenvalue weighted by atomic mass is 16.5. The van der Waals surface area contributed by atoms with Crippen LogP contribution in [0.25, 0.3) is 0 Å². The number of hydrogen-bond donors (Lipinski definition) is 1. The topological polar surface area (TPSA) is 43.4 Å². The molecule has 0 aliphatic rings. The molecule has 1 aromatic carbocycles. The highest BCUT2D eigenvalue weighted by molar-refractivity contribution is 5.39. The molecule has 0 aliphatic heterocycles. The van der Waals surface area contributed by atoms with Crippen LogP contribution in [0.2, 0.25) is 0 Å². The summed E-state index contributed by atoms with van der Waals surface area (Å²) < 4.78 is 10.7. The minimum atomic E-state index is -0.0220. The number of benzene rings is 1. The molecule has 0 bridgehead atoms. The maximum Gasteiger partial charge on any atom is 0.142 e. The molecule has 1 aromatic heterocycles. The zero-order valence-electron chi connectivity index (χ0n) is 12.1. The van der Waals surface area contributed by atoms with Crippen LogP contribution in [-0.2, 0) is 0 Å². The number of hydrogen-bond acceptors (Lipinski definition) is 4. The van der Waals surface area contributed by atoms with Gasteiger partial charge in [0.15, 0.2) is 0 Å². The second kappa shape index (κ2) is 6.91. The summed E-state index contributed by atoms with van der Waals surface area (Å²) in [6.45, 7) is 2.91. The first kappa shape index (κ1) is 14.3. The minimum Gasteiger partial charge on any atom is -0.497 e. The van der Waals surface area contributed by atoms with Crippen molar-refractivity contribution < 1.29 is 9.47 Å². The van der Waals surface area contributed by atoms with Gasteiger partial charge in [0.25, 0.3) is 0 Å². The Kier molecular flexibility index (Phi) is 4.96. The number of ether oxygens (including phenoxy) is 2. The molecule has 2 rings (SSSR count). The lowest BCUT2D eigenvalue weighted by molar-refractivity contribution is 0.399. The van der Waals surface area contributed by atoms with Crippen LogP contribution in [0.4, 0.5) is 0 Å². The lowest BCUT2D eigenvalue weighted by Crippen LogP contribution is -2.23. The first-order chi connectivity index (χ1) is 9.80. The van der Waals surface area contributed by atoms with E-state index in [1.807, 2.05) is 30.3 Å². The highest BCUT2D eigenvalue weighted by Gasteiger charge is 2.19. The normalized spacial score (nSPS) is 11.9. The fourth-order valence-electron chi connectivity index (χ4n) is 2.19. The zero-order valence-corrected chi connectivity index (χ0v) is 12.1. The Morgan fingerprint density at radius 2 is 2.00 bits per heavy atom. The maximum absolute atomic E-state index is 5.42. The maximum atomic E-state index is 5.42. The summed E-state index contributed by atoms with van der Waals surface area (Å²) in [4.78, 5) is 4.47. The average Bonchev–Trinajstić information content (AvgIpc) is 2.52. The predicted molar refractivity (Wildman–Crippen MR) is 79.3 cm³/mol. The van der Waals surface area contributed by atoms with Crippen LogP contribution in [0.15, 0.2) is 42.6 Å². The van der Waals surface area contributed by atoms with E-state index in [0.717, 1.165) is 29.3 Å². The standard InChI is InChI=1S/C16H20N2O2/c1-4-17-15(12-7-5-8-13(11-12)19-2)16-14(20-3)9-6-10-18-16/h5-11,15,17H,4H2,1-3H3. The fraction of sp³-hybridized carbons (Fsp3) is 0.312. The van der Waals surface area contributed by atoms with Gasteiger partial charge in [-0.15, -0.1) is 0 Å². The van der Waals surface area contributed by atoms with Crippen LogP contribution in [0.3, 0.4) is 0 Å². The van der Waals surface area contributed by atoms with E-state index < -0.39 is 0 Å². The molecule has 0 saturated carbocycles. The van der Waals surface area contributed by atoms with Gasteiger partial charge in [-0.1, -0.05) is 19.1 Å². The first-order valence-electron chi connectivity index (χ1n) is 6.66. The van der Waals surface area contributed by atoms with Gasteiger partial charge in [0.2, 0.25) is 0 Å². The molecule has 106 valence electrons. The van der Waals surface area contributed by atoms with Gasteiger partial charge < -0.3 is 14.8 Å². The van der Waals surface area contributed by atoms with Gasteiger partial charge >= 0.3 is 0 Å². The van der Waals surface area contributed by atoms with Crippen LogP contribution >= 0.6 is 0 Å². The van der Waals surface area contributed by atoms with Crippen molar-refractivity contribution in [1.29, 1.82) is 0 Å². The van der Waals surface area contributed by atoms with Crippen LogP contribution in [0.1, 0.15) is 24.2 Å². The number of aromatic nitrogens is 1. The Balaban J connectivity index is 2.44. The largest absolute Gasteiger partial charge is 0.497 e. The van der Waals surface area contributed by atoms with Crippen molar-refractivity contribution in [2.75, 3.05) is 20.8 Å². The summed E-state index contributed by atoms with van der Waals surface area (Å²) in [6.07, 6.45) is 1.78. The van der Waals surface area contributed by atoms with Crippen LogP contribution in [0, 0.1) is 0 Å². The molecule has 1 N–H and O–H groups in total. The van der Waals surface area contributed by atoms with Crippen LogP contribution in [-0.4, -0.2) is 25.7 Å². The summed E-state index contributed by atoms with van der Waals surface area (Å²) in [5.41, 5.74) is 1.98. The fourth-order valence-corrected chi connectivity index (χ4v) is 2.19. The van der Waals surface area contributed by atoms with Crippen molar-refractivity contribution >= 4 is 0 Å². The molecule has 1 heterocycles. The van der Waals surface area contributed by atoms with Gasteiger partial charge in [-0.3, -0.25) is 4.98 Å². The molecule has 0 aliphatic carbocycles. The Bertz CT molecular complexity index is 558. The smallest absolute Gasteiger partial charge is 0.142 e. The van der Waals surface area contributed by atoms with E-state index in [4.69, 9.17) is 9.47 Å². The van der Waals surface area contributed by atoms with Crippen molar-refractivity contribution in [1.82, 2.24) is 10.3 Å².